The van der Waals surface area contributed by atoms with Gasteiger partial charge in [0.1, 0.15) is 12.6 Å². The van der Waals surface area contributed by atoms with Gasteiger partial charge in [0.15, 0.2) is 0 Å². The Morgan fingerprint density at radius 3 is 2.62 bits per heavy atom. The second-order valence-electron chi connectivity index (χ2n) is 6.43. The van der Waals surface area contributed by atoms with E-state index in [0.717, 1.165) is 5.56 Å². The molecular weight excluding hydrogens is 270 g/mol. The first-order valence-electron chi connectivity index (χ1n) is 7.13. The molecule has 0 radical (unpaired) electrons. The molecule has 1 saturated carbocycles. The van der Waals surface area contributed by atoms with Crippen molar-refractivity contribution in [2.75, 3.05) is 6.54 Å². The van der Waals surface area contributed by atoms with E-state index >= 15 is 0 Å². The van der Waals surface area contributed by atoms with Gasteiger partial charge in [-0.25, -0.2) is 9.59 Å². The Morgan fingerprint density at radius 2 is 2.00 bits per heavy atom. The van der Waals surface area contributed by atoms with Gasteiger partial charge in [0.25, 0.3) is 0 Å². The number of aliphatic carboxylic acids is 1. The van der Waals surface area contributed by atoms with Crippen molar-refractivity contribution < 1.29 is 19.4 Å². The zero-order valence-corrected chi connectivity index (χ0v) is 12.2. The summed E-state index contributed by atoms with van der Waals surface area (Å²) in [6.45, 7) is 4.76. The predicted molar refractivity (Wildman–Crippen MR) is 75.5 cm³/mol. The molecule has 1 heterocycles. The van der Waals surface area contributed by atoms with E-state index in [0.29, 0.717) is 6.54 Å². The lowest BCUT2D eigenvalue weighted by Gasteiger charge is -2.27. The first kappa shape index (κ1) is 13.9. The number of hydrogen-bond donors (Lipinski definition) is 1. The molecule has 1 aliphatic heterocycles. The van der Waals surface area contributed by atoms with Crippen molar-refractivity contribution in [3.8, 4) is 0 Å². The van der Waals surface area contributed by atoms with Crippen LogP contribution in [0.25, 0.3) is 0 Å². The number of carboxylic acids is 1. The maximum atomic E-state index is 12.2. The van der Waals surface area contributed by atoms with Gasteiger partial charge < -0.3 is 9.84 Å². The molecule has 1 amide bonds. The van der Waals surface area contributed by atoms with Crippen LogP contribution in [0.1, 0.15) is 19.4 Å². The minimum Gasteiger partial charge on any atom is -0.480 e. The summed E-state index contributed by atoms with van der Waals surface area (Å²) in [4.78, 5) is 25.0. The molecule has 1 N–H and O–H groups in total. The smallest absolute Gasteiger partial charge is 0.410 e. The lowest BCUT2D eigenvalue weighted by atomic mass is 10.0. The molecule has 0 unspecified atom stereocenters. The molecule has 0 aromatic heterocycles. The summed E-state index contributed by atoms with van der Waals surface area (Å²) in [7, 11) is 0. The molecule has 3 atom stereocenters. The van der Waals surface area contributed by atoms with Crippen molar-refractivity contribution in [3.63, 3.8) is 0 Å². The van der Waals surface area contributed by atoms with Crippen molar-refractivity contribution in [1.82, 2.24) is 4.90 Å². The maximum Gasteiger partial charge on any atom is 0.410 e. The molecule has 0 bridgehead atoms. The Hall–Kier alpha value is -2.04. The number of hydrogen-bond acceptors (Lipinski definition) is 3. The van der Waals surface area contributed by atoms with E-state index < -0.39 is 18.1 Å². The Balaban J connectivity index is 1.64. The first-order chi connectivity index (χ1) is 9.93. The molecule has 112 valence electrons. The van der Waals surface area contributed by atoms with E-state index in [1.807, 2.05) is 30.3 Å². The summed E-state index contributed by atoms with van der Waals surface area (Å²) in [5.74, 6) is -0.633. The highest BCUT2D eigenvalue weighted by Crippen LogP contribution is 2.64. The highest BCUT2D eigenvalue weighted by Gasteiger charge is 2.69. The number of piperidine rings is 1. The molecule has 5 nitrogen and oxygen atoms in total. The van der Waals surface area contributed by atoms with E-state index in [2.05, 4.69) is 13.8 Å². The van der Waals surface area contributed by atoms with E-state index in [9.17, 15) is 14.7 Å². The van der Waals surface area contributed by atoms with Gasteiger partial charge in [-0.15, -0.1) is 0 Å². The van der Waals surface area contributed by atoms with Gasteiger partial charge in [0.2, 0.25) is 0 Å². The zero-order valence-electron chi connectivity index (χ0n) is 12.2. The number of fused-ring (bicyclic) bond motifs is 1. The Bertz CT molecular complexity index is 569. The van der Waals surface area contributed by atoms with Crippen LogP contribution in [-0.4, -0.2) is 34.7 Å². The summed E-state index contributed by atoms with van der Waals surface area (Å²) in [5, 5.41) is 9.40. The third-order valence-electron chi connectivity index (χ3n) is 4.90. The van der Waals surface area contributed by atoms with Crippen LogP contribution >= 0.6 is 0 Å². The normalized spacial score (nSPS) is 28.9. The number of benzene rings is 1. The average molecular weight is 289 g/mol. The van der Waals surface area contributed by atoms with Crippen LogP contribution in [-0.2, 0) is 16.1 Å². The molecule has 2 aliphatic rings. The maximum absolute atomic E-state index is 12.2. The van der Waals surface area contributed by atoms with Crippen LogP contribution in [0.4, 0.5) is 4.79 Å². The molecule has 1 aliphatic carbocycles. The van der Waals surface area contributed by atoms with Crippen molar-refractivity contribution in [2.45, 2.75) is 26.5 Å². The molecule has 5 heteroatoms. The highest BCUT2D eigenvalue weighted by atomic mass is 16.6. The molecule has 1 aromatic rings. The lowest BCUT2D eigenvalue weighted by Crippen LogP contribution is -2.45. The Morgan fingerprint density at radius 1 is 1.33 bits per heavy atom. The third-order valence-corrected chi connectivity index (χ3v) is 4.90. The standard InChI is InChI=1S/C16H19NO4/c1-16(2)11-8-17(13(12(11)16)14(18)19)15(20)21-9-10-6-4-3-5-7-10/h3-7,11-13H,8-9H2,1-2H3,(H,18,19)/t11-,12-,13-/m0/s1. The summed E-state index contributed by atoms with van der Waals surface area (Å²) in [5.41, 5.74) is 0.904. The van der Waals surface area contributed by atoms with Crippen LogP contribution in [0.2, 0.25) is 0 Å². The Kier molecular flexibility index (Phi) is 3.15. The van der Waals surface area contributed by atoms with Crippen molar-refractivity contribution in [3.05, 3.63) is 35.9 Å². The molecule has 21 heavy (non-hydrogen) atoms. The topological polar surface area (TPSA) is 66.8 Å². The van der Waals surface area contributed by atoms with Gasteiger partial charge >= 0.3 is 12.1 Å². The number of likely N-dealkylation sites (tertiary alicyclic amines) is 1. The average Bonchev–Trinajstić information content (AvgIpc) is 2.85. The van der Waals surface area contributed by atoms with Crippen molar-refractivity contribution in [2.24, 2.45) is 17.3 Å². The van der Waals surface area contributed by atoms with Gasteiger partial charge in [-0.2, -0.15) is 0 Å². The third kappa shape index (κ3) is 2.26. The predicted octanol–water partition coefficient (Wildman–Crippen LogP) is 2.36. The number of amides is 1. The lowest BCUT2D eigenvalue weighted by molar-refractivity contribution is -0.143. The van der Waals surface area contributed by atoms with E-state index in [1.165, 1.54) is 4.90 Å². The van der Waals surface area contributed by atoms with Gasteiger partial charge in [-0.05, 0) is 16.9 Å². The summed E-state index contributed by atoms with van der Waals surface area (Å²) in [6, 6.07) is 8.61. The quantitative estimate of drug-likeness (QED) is 0.927. The largest absolute Gasteiger partial charge is 0.480 e. The second kappa shape index (κ2) is 4.76. The highest BCUT2D eigenvalue weighted by molar-refractivity contribution is 5.82. The fourth-order valence-corrected chi connectivity index (χ4v) is 3.56. The van der Waals surface area contributed by atoms with Gasteiger partial charge in [-0.3, -0.25) is 4.90 Å². The second-order valence-corrected chi connectivity index (χ2v) is 6.43. The van der Waals surface area contributed by atoms with Crippen LogP contribution in [0.15, 0.2) is 30.3 Å². The van der Waals surface area contributed by atoms with Crippen LogP contribution in [0.3, 0.4) is 0 Å². The van der Waals surface area contributed by atoms with Gasteiger partial charge in [0, 0.05) is 12.5 Å². The SMILES string of the molecule is CC1(C)[C@@H]2[C@@H](C(=O)O)N(C(=O)OCc3ccccc3)C[C@@H]21. The number of rotatable bonds is 3. The van der Waals surface area contributed by atoms with Gasteiger partial charge in [0.05, 0.1) is 0 Å². The van der Waals surface area contributed by atoms with Crippen LogP contribution in [0.5, 0.6) is 0 Å². The summed E-state index contributed by atoms with van der Waals surface area (Å²) in [6.07, 6.45) is -0.533. The number of carbonyl (C=O) groups is 2. The summed E-state index contributed by atoms with van der Waals surface area (Å²) >= 11 is 0. The number of carboxylic acid groups (broad SMARTS) is 1. The number of nitrogens with zero attached hydrogens (tertiary/aromatic N) is 1. The van der Waals surface area contributed by atoms with Crippen molar-refractivity contribution >= 4 is 12.1 Å². The zero-order chi connectivity index (χ0) is 15.2. The Labute approximate surface area is 123 Å². The van der Waals surface area contributed by atoms with Crippen LogP contribution < -0.4 is 0 Å². The fraction of sp³-hybridized carbons (Fsp3) is 0.500. The van der Waals surface area contributed by atoms with E-state index in [1.54, 1.807) is 0 Å². The summed E-state index contributed by atoms with van der Waals surface area (Å²) < 4.78 is 5.25. The monoisotopic (exact) mass is 289 g/mol. The first-order valence-corrected chi connectivity index (χ1v) is 7.13. The molecule has 3 rings (SSSR count). The molecule has 1 saturated heterocycles. The molecular formula is C16H19NO4. The number of carbonyl (C=O) groups excluding carboxylic acids is 1. The fourth-order valence-electron chi connectivity index (χ4n) is 3.56. The molecule has 2 fully saturated rings. The van der Waals surface area contributed by atoms with E-state index in [-0.39, 0.29) is 23.9 Å². The van der Waals surface area contributed by atoms with Crippen molar-refractivity contribution in [1.29, 1.82) is 0 Å². The van der Waals surface area contributed by atoms with E-state index in [4.69, 9.17) is 4.74 Å². The minimum absolute atomic E-state index is 0.0132. The minimum atomic E-state index is -0.940. The van der Waals surface area contributed by atoms with Crippen LogP contribution in [0, 0.1) is 17.3 Å². The molecule has 0 spiro atoms. The van der Waals surface area contributed by atoms with Gasteiger partial charge in [-0.1, -0.05) is 44.2 Å². The number of ether oxygens (including phenoxy) is 1. The molecule has 1 aromatic carbocycles.